The Morgan fingerprint density at radius 1 is 1.19 bits per heavy atom. The van der Waals surface area contributed by atoms with Gasteiger partial charge in [0, 0.05) is 34.9 Å². The molecule has 10 heteroatoms. The van der Waals surface area contributed by atoms with Gasteiger partial charge in [0.05, 0.1) is 15.5 Å². The number of nitro groups is 1. The van der Waals surface area contributed by atoms with E-state index >= 15 is 0 Å². The van der Waals surface area contributed by atoms with E-state index in [2.05, 4.69) is 10.3 Å². The number of nitrogens with one attached hydrogen (secondary N) is 1. The molecule has 3 aromatic rings. The molecule has 0 fully saturated rings. The number of nitrogens with zero attached hydrogens (tertiary/aromatic N) is 2. The molecule has 0 spiro atoms. The van der Waals surface area contributed by atoms with Crippen LogP contribution >= 0.6 is 11.3 Å². The highest BCUT2D eigenvalue weighted by Crippen LogP contribution is 2.27. The summed E-state index contributed by atoms with van der Waals surface area (Å²) in [5.41, 5.74) is 1.32. The summed E-state index contributed by atoms with van der Waals surface area (Å²) >= 11 is 1.18. The molecule has 8 nitrogen and oxygen atoms in total. The maximum absolute atomic E-state index is 12.3. The van der Waals surface area contributed by atoms with E-state index in [-0.39, 0.29) is 16.1 Å². The van der Waals surface area contributed by atoms with Gasteiger partial charge in [-0.15, -0.1) is 11.3 Å². The molecule has 27 heavy (non-hydrogen) atoms. The molecule has 0 bridgehead atoms. The third-order valence-electron chi connectivity index (χ3n) is 3.62. The Morgan fingerprint density at radius 2 is 1.89 bits per heavy atom. The van der Waals surface area contributed by atoms with Gasteiger partial charge in [-0.2, -0.15) is 0 Å². The number of amides is 1. The highest BCUT2D eigenvalue weighted by Gasteiger charge is 2.13. The highest BCUT2D eigenvalue weighted by molar-refractivity contribution is 7.90. The van der Waals surface area contributed by atoms with Gasteiger partial charge in [-0.25, -0.2) is 13.4 Å². The number of sulfone groups is 1. The van der Waals surface area contributed by atoms with Gasteiger partial charge in [0.1, 0.15) is 0 Å². The first-order valence-corrected chi connectivity index (χ1v) is 10.3. The first kappa shape index (κ1) is 18.7. The lowest BCUT2D eigenvalue weighted by molar-refractivity contribution is -0.384. The summed E-state index contributed by atoms with van der Waals surface area (Å²) in [6.45, 7) is 0. The van der Waals surface area contributed by atoms with Crippen LogP contribution in [0.2, 0.25) is 0 Å². The van der Waals surface area contributed by atoms with Crippen LogP contribution in [-0.4, -0.2) is 30.5 Å². The molecular formula is C17H13N3O5S2. The van der Waals surface area contributed by atoms with Crippen LogP contribution in [0.1, 0.15) is 10.4 Å². The Morgan fingerprint density at radius 3 is 2.52 bits per heavy atom. The summed E-state index contributed by atoms with van der Waals surface area (Å²) in [5.74, 6) is -0.435. The number of carbonyl (C=O) groups excluding carboxylic acids is 1. The number of aromatic nitrogens is 1. The van der Waals surface area contributed by atoms with Gasteiger partial charge < -0.3 is 0 Å². The van der Waals surface area contributed by atoms with E-state index in [1.54, 1.807) is 17.5 Å². The van der Waals surface area contributed by atoms with Crippen LogP contribution in [-0.2, 0) is 9.84 Å². The zero-order valence-corrected chi connectivity index (χ0v) is 15.6. The summed E-state index contributed by atoms with van der Waals surface area (Å²) in [5, 5.41) is 15.5. The number of non-ortho nitro benzene ring substituents is 1. The smallest absolute Gasteiger partial charge is 0.270 e. The maximum atomic E-state index is 12.3. The Hall–Kier alpha value is -3.11. The molecule has 0 atom stereocenters. The fourth-order valence-electron chi connectivity index (χ4n) is 2.27. The minimum Gasteiger partial charge on any atom is -0.298 e. The van der Waals surface area contributed by atoms with Crippen molar-refractivity contribution in [3.05, 3.63) is 69.6 Å². The van der Waals surface area contributed by atoms with Gasteiger partial charge >= 0.3 is 0 Å². The van der Waals surface area contributed by atoms with Gasteiger partial charge in [0.15, 0.2) is 15.0 Å². The number of benzene rings is 2. The van der Waals surface area contributed by atoms with E-state index in [0.717, 1.165) is 6.26 Å². The molecule has 138 valence electrons. The van der Waals surface area contributed by atoms with Gasteiger partial charge in [0.25, 0.3) is 11.6 Å². The Kier molecular flexibility index (Phi) is 5.02. The number of rotatable bonds is 5. The average Bonchev–Trinajstić information content (AvgIpc) is 3.09. The first-order chi connectivity index (χ1) is 12.7. The molecule has 0 saturated heterocycles. The Balaban J connectivity index is 1.76. The molecule has 0 radical (unpaired) electrons. The molecule has 1 amide bonds. The maximum Gasteiger partial charge on any atom is 0.270 e. The fourth-order valence-corrected chi connectivity index (χ4v) is 3.61. The molecule has 0 aliphatic heterocycles. The normalized spacial score (nSPS) is 11.1. The monoisotopic (exact) mass is 403 g/mol. The largest absolute Gasteiger partial charge is 0.298 e. The number of hydrogen-bond acceptors (Lipinski definition) is 7. The van der Waals surface area contributed by atoms with Gasteiger partial charge in [-0.05, 0) is 24.3 Å². The fraction of sp³-hybridized carbons (Fsp3) is 0.0588. The first-order valence-electron chi connectivity index (χ1n) is 7.56. The van der Waals surface area contributed by atoms with Crippen LogP contribution < -0.4 is 5.32 Å². The van der Waals surface area contributed by atoms with E-state index in [1.807, 2.05) is 0 Å². The molecule has 0 unspecified atom stereocenters. The predicted molar refractivity (Wildman–Crippen MR) is 102 cm³/mol. The number of carbonyl (C=O) groups is 1. The second-order valence-electron chi connectivity index (χ2n) is 5.60. The Labute approximate surface area is 158 Å². The van der Waals surface area contributed by atoms with Crippen molar-refractivity contribution in [2.24, 2.45) is 0 Å². The molecule has 0 aliphatic carbocycles. The topological polar surface area (TPSA) is 119 Å². The summed E-state index contributed by atoms with van der Waals surface area (Å²) < 4.78 is 22.9. The van der Waals surface area contributed by atoms with Crippen LogP contribution in [0.3, 0.4) is 0 Å². The number of hydrogen-bond donors (Lipinski definition) is 1. The summed E-state index contributed by atoms with van der Waals surface area (Å²) in [4.78, 5) is 27.1. The molecule has 1 heterocycles. The minimum absolute atomic E-state index is 0.0444. The van der Waals surface area contributed by atoms with Crippen molar-refractivity contribution < 1.29 is 18.1 Å². The molecule has 1 N–H and O–H groups in total. The highest BCUT2D eigenvalue weighted by atomic mass is 32.2. The Bertz CT molecular complexity index is 1120. The van der Waals surface area contributed by atoms with Crippen molar-refractivity contribution in [2.75, 3.05) is 11.6 Å². The summed E-state index contributed by atoms with van der Waals surface area (Å²) in [6, 6.07) is 11.6. The molecular weight excluding hydrogens is 390 g/mol. The van der Waals surface area contributed by atoms with Crippen LogP contribution in [0.25, 0.3) is 11.3 Å². The predicted octanol–water partition coefficient (Wildman–Crippen LogP) is 3.37. The van der Waals surface area contributed by atoms with Crippen molar-refractivity contribution in [2.45, 2.75) is 4.90 Å². The van der Waals surface area contributed by atoms with Crippen molar-refractivity contribution in [1.82, 2.24) is 4.98 Å². The minimum atomic E-state index is -3.33. The summed E-state index contributed by atoms with van der Waals surface area (Å²) in [7, 11) is -3.33. The van der Waals surface area contributed by atoms with Crippen LogP contribution in [0.4, 0.5) is 10.8 Å². The molecule has 2 aromatic carbocycles. The third-order valence-corrected chi connectivity index (χ3v) is 5.51. The number of thiazole rings is 1. The average molecular weight is 403 g/mol. The molecule has 3 rings (SSSR count). The van der Waals surface area contributed by atoms with Crippen molar-refractivity contribution in [3.8, 4) is 11.3 Å². The quantitative estimate of drug-likeness (QED) is 0.515. The van der Waals surface area contributed by atoms with E-state index in [1.165, 1.54) is 47.7 Å². The molecule has 0 saturated carbocycles. The van der Waals surface area contributed by atoms with Gasteiger partial charge in [0.2, 0.25) is 0 Å². The second kappa shape index (κ2) is 7.25. The lowest BCUT2D eigenvalue weighted by Crippen LogP contribution is -2.11. The van der Waals surface area contributed by atoms with Gasteiger partial charge in [-0.1, -0.05) is 12.1 Å². The lowest BCUT2D eigenvalue weighted by Gasteiger charge is -2.03. The summed E-state index contributed by atoms with van der Waals surface area (Å²) in [6.07, 6.45) is 1.09. The number of anilines is 1. The standard InChI is InChI=1S/C17H13N3O5S2/c1-27(24,25)14-7-5-11(6-8-14)16(21)19-17-18-15(10-26-17)12-3-2-4-13(9-12)20(22)23/h2-10H,1H3,(H,18,19,21). The van der Waals surface area contributed by atoms with Crippen molar-refractivity contribution in [3.63, 3.8) is 0 Å². The molecule has 0 aliphatic rings. The second-order valence-corrected chi connectivity index (χ2v) is 8.47. The van der Waals surface area contributed by atoms with Crippen LogP contribution in [0.5, 0.6) is 0 Å². The molecule has 1 aromatic heterocycles. The zero-order chi connectivity index (χ0) is 19.6. The number of nitro benzene ring substituents is 1. The van der Waals surface area contributed by atoms with E-state index in [9.17, 15) is 23.3 Å². The van der Waals surface area contributed by atoms with E-state index < -0.39 is 20.7 Å². The SMILES string of the molecule is CS(=O)(=O)c1ccc(C(=O)Nc2nc(-c3cccc([N+](=O)[O-])c3)cs2)cc1. The van der Waals surface area contributed by atoms with Gasteiger partial charge in [-0.3, -0.25) is 20.2 Å². The van der Waals surface area contributed by atoms with Crippen molar-refractivity contribution in [1.29, 1.82) is 0 Å². The van der Waals surface area contributed by atoms with E-state index in [4.69, 9.17) is 0 Å². The van der Waals surface area contributed by atoms with Crippen molar-refractivity contribution >= 4 is 37.9 Å². The zero-order valence-electron chi connectivity index (χ0n) is 13.9. The van der Waals surface area contributed by atoms with E-state index in [0.29, 0.717) is 16.4 Å². The van der Waals surface area contributed by atoms with Crippen LogP contribution in [0, 0.1) is 10.1 Å². The lowest BCUT2D eigenvalue weighted by atomic mass is 10.1. The third kappa shape index (κ3) is 4.36. The van der Waals surface area contributed by atoms with Crippen LogP contribution in [0.15, 0.2) is 58.8 Å².